The number of fused-ring (bicyclic) bond motifs is 1. The number of para-hydroxylation sites is 1. The molecule has 3 aromatic rings. The van der Waals surface area contributed by atoms with Crippen molar-refractivity contribution in [3.8, 4) is 0 Å². The first-order valence-corrected chi connectivity index (χ1v) is 9.06. The number of aromatic nitrogens is 2. The Bertz CT molecular complexity index is 1030. The van der Waals surface area contributed by atoms with E-state index in [-0.39, 0.29) is 18.0 Å². The number of carbonyl (C=O) groups excluding carboxylic acids is 1. The summed E-state index contributed by atoms with van der Waals surface area (Å²) in [6.45, 7) is 2.65. The Morgan fingerprint density at radius 3 is 2.81 bits per heavy atom. The van der Waals surface area contributed by atoms with Gasteiger partial charge in [0.2, 0.25) is 5.91 Å². The van der Waals surface area contributed by atoms with Crippen LogP contribution in [0.3, 0.4) is 0 Å². The molecule has 26 heavy (non-hydrogen) atoms. The third kappa shape index (κ3) is 4.26. The van der Waals surface area contributed by atoms with Crippen molar-refractivity contribution < 1.29 is 4.79 Å². The van der Waals surface area contributed by atoms with E-state index < -0.39 is 0 Å². The van der Waals surface area contributed by atoms with Gasteiger partial charge in [-0.05, 0) is 42.8 Å². The van der Waals surface area contributed by atoms with Crippen molar-refractivity contribution in [1.82, 2.24) is 14.9 Å². The second kappa shape index (κ2) is 8.10. The number of benzene rings is 2. The molecule has 5 nitrogen and oxygen atoms in total. The zero-order chi connectivity index (χ0) is 18.5. The molecule has 0 aliphatic heterocycles. The predicted octanol–water partition coefficient (Wildman–Crippen LogP) is 3.75. The SMILES string of the molecule is CCN(Cc1nc2ccccc2c(=O)[nH]1)C(=O)/C=C/c1cccc(Br)c1. The van der Waals surface area contributed by atoms with E-state index >= 15 is 0 Å². The number of carbonyl (C=O) groups is 1. The summed E-state index contributed by atoms with van der Waals surface area (Å²) in [5, 5.41) is 0.542. The topological polar surface area (TPSA) is 66.1 Å². The van der Waals surface area contributed by atoms with Crippen molar-refractivity contribution in [2.45, 2.75) is 13.5 Å². The average Bonchev–Trinajstić information content (AvgIpc) is 2.64. The molecule has 0 aliphatic rings. The summed E-state index contributed by atoms with van der Waals surface area (Å²) < 4.78 is 0.956. The summed E-state index contributed by atoms with van der Waals surface area (Å²) in [4.78, 5) is 33.5. The number of halogens is 1. The number of amides is 1. The maximum atomic E-state index is 12.5. The normalized spacial score (nSPS) is 11.2. The van der Waals surface area contributed by atoms with Gasteiger partial charge in [-0.3, -0.25) is 9.59 Å². The number of rotatable bonds is 5. The zero-order valence-corrected chi connectivity index (χ0v) is 15.9. The van der Waals surface area contributed by atoms with Gasteiger partial charge < -0.3 is 9.88 Å². The molecule has 0 radical (unpaired) electrons. The molecule has 0 bridgehead atoms. The van der Waals surface area contributed by atoms with Crippen molar-refractivity contribution in [1.29, 1.82) is 0 Å². The molecule has 1 aromatic heterocycles. The standard InChI is InChI=1S/C20H18BrN3O2/c1-2-24(19(25)11-10-14-6-5-7-15(21)12-14)13-18-22-17-9-4-3-8-16(17)20(26)23-18/h3-12H,2,13H2,1H3,(H,22,23,26)/b11-10+. The Labute approximate surface area is 159 Å². The average molecular weight is 412 g/mol. The van der Waals surface area contributed by atoms with Crippen molar-refractivity contribution in [2.75, 3.05) is 6.54 Å². The van der Waals surface area contributed by atoms with Gasteiger partial charge in [-0.15, -0.1) is 0 Å². The summed E-state index contributed by atoms with van der Waals surface area (Å²) >= 11 is 3.41. The summed E-state index contributed by atoms with van der Waals surface area (Å²) in [6, 6.07) is 14.9. The first-order chi connectivity index (χ1) is 12.6. The summed E-state index contributed by atoms with van der Waals surface area (Å²) in [7, 11) is 0. The Morgan fingerprint density at radius 1 is 1.23 bits per heavy atom. The largest absolute Gasteiger partial charge is 0.332 e. The quantitative estimate of drug-likeness (QED) is 0.650. The van der Waals surface area contributed by atoms with Crippen LogP contribution < -0.4 is 5.56 Å². The number of nitrogens with one attached hydrogen (secondary N) is 1. The fraction of sp³-hybridized carbons (Fsp3) is 0.150. The second-order valence-electron chi connectivity index (χ2n) is 5.77. The molecule has 0 saturated carbocycles. The maximum Gasteiger partial charge on any atom is 0.258 e. The highest BCUT2D eigenvalue weighted by atomic mass is 79.9. The van der Waals surface area contributed by atoms with E-state index in [2.05, 4.69) is 25.9 Å². The molecule has 2 aromatic carbocycles. The minimum Gasteiger partial charge on any atom is -0.332 e. The third-order valence-corrected chi connectivity index (χ3v) is 4.46. The Morgan fingerprint density at radius 2 is 2.04 bits per heavy atom. The molecular weight excluding hydrogens is 394 g/mol. The van der Waals surface area contributed by atoms with Gasteiger partial charge >= 0.3 is 0 Å². The van der Waals surface area contributed by atoms with Crippen LogP contribution in [-0.2, 0) is 11.3 Å². The van der Waals surface area contributed by atoms with Gasteiger partial charge in [-0.2, -0.15) is 0 Å². The highest BCUT2D eigenvalue weighted by Crippen LogP contribution is 2.13. The van der Waals surface area contributed by atoms with Crippen molar-refractivity contribution in [3.63, 3.8) is 0 Å². The summed E-state index contributed by atoms with van der Waals surface area (Å²) in [5.74, 6) is 0.336. The van der Waals surface area contributed by atoms with Gasteiger partial charge in [0.15, 0.2) is 0 Å². The molecule has 0 spiro atoms. The summed E-state index contributed by atoms with van der Waals surface area (Å²) in [5.41, 5.74) is 1.36. The first-order valence-electron chi connectivity index (χ1n) is 8.27. The lowest BCUT2D eigenvalue weighted by Gasteiger charge is -2.18. The van der Waals surface area contributed by atoms with Crippen LogP contribution in [0.15, 0.2) is 63.9 Å². The van der Waals surface area contributed by atoms with E-state index in [9.17, 15) is 9.59 Å². The molecule has 0 aliphatic carbocycles. The lowest BCUT2D eigenvalue weighted by atomic mass is 10.2. The van der Waals surface area contributed by atoms with Crippen LogP contribution in [0.4, 0.5) is 0 Å². The number of nitrogens with zero attached hydrogens (tertiary/aromatic N) is 2. The summed E-state index contributed by atoms with van der Waals surface area (Å²) in [6.07, 6.45) is 3.30. The minimum atomic E-state index is -0.196. The molecule has 132 valence electrons. The Kier molecular flexibility index (Phi) is 5.63. The second-order valence-corrected chi connectivity index (χ2v) is 6.69. The smallest absolute Gasteiger partial charge is 0.258 e. The van der Waals surface area contributed by atoms with E-state index in [1.54, 1.807) is 29.2 Å². The van der Waals surface area contributed by atoms with Crippen LogP contribution in [0.2, 0.25) is 0 Å². The first kappa shape index (κ1) is 18.1. The molecule has 3 rings (SSSR count). The van der Waals surface area contributed by atoms with Crippen LogP contribution in [0.5, 0.6) is 0 Å². The molecule has 0 atom stereocenters. The third-order valence-electron chi connectivity index (χ3n) is 3.96. The molecule has 1 amide bonds. The number of hydrogen-bond acceptors (Lipinski definition) is 3. The lowest BCUT2D eigenvalue weighted by Crippen LogP contribution is -2.30. The van der Waals surface area contributed by atoms with Gasteiger partial charge in [-0.1, -0.05) is 40.2 Å². The predicted molar refractivity (Wildman–Crippen MR) is 107 cm³/mol. The molecule has 1 heterocycles. The molecule has 1 N–H and O–H groups in total. The zero-order valence-electron chi connectivity index (χ0n) is 14.3. The number of aromatic amines is 1. The maximum absolute atomic E-state index is 12.5. The molecule has 0 saturated heterocycles. The molecule has 0 fully saturated rings. The monoisotopic (exact) mass is 411 g/mol. The fourth-order valence-corrected chi connectivity index (χ4v) is 3.04. The van der Waals surface area contributed by atoms with Crippen molar-refractivity contribution in [3.05, 3.63) is 80.8 Å². The lowest BCUT2D eigenvalue weighted by molar-refractivity contribution is -0.126. The van der Waals surface area contributed by atoms with Gasteiger partial charge in [-0.25, -0.2) is 4.98 Å². The van der Waals surface area contributed by atoms with Gasteiger partial charge in [0.1, 0.15) is 5.82 Å². The van der Waals surface area contributed by atoms with E-state index in [1.807, 2.05) is 37.3 Å². The number of hydrogen-bond donors (Lipinski definition) is 1. The van der Waals surface area contributed by atoms with Crippen LogP contribution >= 0.6 is 15.9 Å². The van der Waals surface area contributed by atoms with Gasteiger partial charge in [0, 0.05) is 17.1 Å². The minimum absolute atomic E-state index is 0.136. The Balaban J connectivity index is 1.78. The van der Waals surface area contributed by atoms with Crippen LogP contribution in [0, 0.1) is 0 Å². The van der Waals surface area contributed by atoms with Gasteiger partial charge in [0.05, 0.1) is 17.4 Å². The Hall–Kier alpha value is -2.73. The molecular formula is C20H18BrN3O2. The highest BCUT2D eigenvalue weighted by Gasteiger charge is 2.12. The van der Waals surface area contributed by atoms with Crippen molar-refractivity contribution in [2.24, 2.45) is 0 Å². The fourth-order valence-electron chi connectivity index (χ4n) is 2.62. The van der Waals surface area contributed by atoms with Crippen LogP contribution in [-0.4, -0.2) is 27.3 Å². The van der Waals surface area contributed by atoms with Crippen LogP contribution in [0.25, 0.3) is 17.0 Å². The van der Waals surface area contributed by atoms with E-state index in [4.69, 9.17) is 0 Å². The molecule has 6 heteroatoms. The highest BCUT2D eigenvalue weighted by molar-refractivity contribution is 9.10. The number of likely N-dealkylation sites (N-methyl/N-ethyl adjacent to an activating group) is 1. The van der Waals surface area contributed by atoms with E-state index in [0.717, 1.165) is 10.0 Å². The van der Waals surface area contributed by atoms with E-state index in [0.29, 0.717) is 23.3 Å². The molecule has 0 unspecified atom stereocenters. The van der Waals surface area contributed by atoms with Crippen LogP contribution in [0.1, 0.15) is 18.3 Å². The van der Waals surface area contributed by atoms with Crippen molar-refractivity contribution >= 4 is 38.8 Å². The number of H-pyrrole nitrogens is 1. The van der Waals surface area contributed by atoms with Gasteiger partial charge in [0.25, 0.3) is 5.56 Å². The van der Waals surface area contributed by atoms with E-state index in [1.165, 1.54) is 6.08 Å².